The van der Waals surface area contributed by atoms with Crippen molar-refractivity contribution in [3.05, 3.63) is 0 Å². The molecule has 0 aromatic heterocycles. The van der Waals surface area contributed by atoms with Gasteiger partial charge in [0.25, 0.3) is 0 Å². The Morgan fingerprint density at radius 1 is 1.58 bits per heavy atom. The second-order valence-corrected chi connectivity index (χ2v) is 3.64. The first-order chi connectivity index (χ1) is 5.70. The van der Waals surface area contributed by atoms with E-state index < -0.39 is 0 Å². The fourth-order valence-corrected chi connectivity index (χ4v) is 1.48. The summed E-state index contributed by atoms with van der Waals surface area (Å²) in [6.45, 7) is 2.89. The van der Waals surface area contributed by atoms with E-state index in [0.29, 0.717) is 12.5 Å². The first kappa shape index (κ1) is 11.8. The summed E-state index contributed by atoms with van der Waals surface area (Å²) in [4.78, 5) is 10.8. The van der Waals surface area contributed by atoms with Crippen LogP contribution in [-0.4, -0.2) is 37.6 Å². The number of hydrogen-bond donors (Lipinski definition) is 2. The van der Waals surface area contributed by atoms with Crippen LogP contribution in [0, 0.1) is 0 Å². The molecule has 1 atom stereocenters. The minimum atomic E-state index is 0.0962. The average molecular weight is 190 g/mol. The molecule has 1 amide bonds. The zero-order chi connectivity index (χ0) is 9.40. The van der Waals surface area contributed by atoms with E-state index in [2.05, 4.69) is 23.8 Å². The Labute approximate surface area is 78.7 Å². The molecule has 4 heteroatoms. The van der Waals surface area contributed by atoms with Crippen LogP contribution in [0.4, 0.5) is 0 Å². The molecule has 0 bridgehead atoms. The lowest BCUT2D eigenvalue weighted by molar-refractivity contribution is -0.120. The van der Waals surface area contributed by atoms with Gasteiger partial charge in [0.05, 0.1) is 0 Å². The Hall–Kier alpha value is -0.220. The third kappa shape index (κ3) is 6.49. The van der Waals surface area contributed by atoms with E-state index in [0.717, 1.165) is 12.3 Å². The maximum Gasteiger partial charge on any atom is 0.221 e. The van der Waals surface area contributed by atoms with Crippen molar-refractivity contribution in [1.29, 1.82) is 0 Å². The highest BCUT2D eigenvalue weighted by Crippen LogP contribution is 1.95. The molecule has 0 saturated carbocycles. The van der Waals surface area contributed by atoms with Gasteiger partial charge in [-0.1, -0.05) is 0 Å². The Morgan fingerprint density at radius 2 is 2.25 bits per heavy atom. The maximum atomic E-state index is 10.8. The molecule has 72 valence electrons. The predicted octanol–water partition coefficient (Wildman–Crippen LogP) is 0.464. The Bertz CT molecular complexity index is 130. The smallest absolute Gasteiger partial charge is 0.221 e. The van der Waals surface area contributed by atoms with Gasteiger partial charge in [-0.25, -0.2) is 0 Å². The number of rotatable bonds is 6. The molecular weight excluding hydrogens is 172 g/mol. The van der Waals surface area contributed by atoms with Crippen LogP contribution in [0.15, 0.2) is 0 Å². The predicted molar refractivity (Wildman–Crippen MR) is 54.5 cm³/mol. The summed E-state index contributed by atoms with van der Waals surface area (Å²) < 4.78 is 0. The van der Waals surface area contributed by atoms with E-state index in [4.69, 9.17) is 0 Å². The van der Waals surface area contributed by atoms with Gasteiger partial charge in [-0.05, 0) is 13.2 Å². The highest BCUT2D eigenvalue weighted by Gasteiger charge is 2.01. The minimum absolute atomic E-state index is 0.0962. The summed E-state index contributed by atoms with van der Waals surface area (Å²) >= 11 is 1.81. The summed E-state index contributed by atoms with van der Waals surface area (Å²) in [7, 11) is 1.66. The zero-order valence-corrected chi connectivity index (χ0v) is 8.83. The Morgan fingerprint density at radius 3 is 2.75 bits per heavy atom. The van der Waals surface area contributed by atoms with Crippen LogP contribution < -0.4 is 10.6 Å². The molecule has 1 unspecified atom stereocenters. The van der Waals surface area contributed by atoms with Crippen LogP contribution in [0.1, 0.15) is 13.3 Å². The summed E-state index contributed by atoms with van der Waals surface area (Å²) in [6.07, 6.45) is 2.64. The SMILES string of the molecule is CNC(=O)CCNC(C)CSC. The molecule has 0 aliphatic heterocycles. The number of hydrogen-bond acceptors (Lipinski definition) is 3. The van der Waals surface area contributed by atoms with Crippen molar-refractivity contribution in [1.82, 2.24) is 10.6 Å². The second-order valence-electron chi connectivity index (χ2n) is 2.73. The van der Waals surface area contributed by atoms with Gasteiger partial charge >= 0.3 is 0 Å². The maximum absolute atomic E-state index is 10.8. The lowest BCUT2D eigenvalue weighted by atomic mass is 10.3. The van der Waals surface area contributed by atoms with Crippen molar-refractivity contribution in [3.63, 3.8) is 0 Å². The number of amides is 1. The van der Waals surface area contributed by atoms with Crippen molar-refractivity contribution < 1.29 is 4.79 Å². The number of carbonyl (C=O) groups excluding carboxylic acids is 1. The molecule has 2 N–H and O–H groups in total. The van der Waals surface area contributed by atoms with Gasteiger partial charge in [0.2, 0.25) is 5.91 Å². The Balaban J connectivity index is 3.24. The molecule has 0 saturated heterocycles. The largest absolute Gasteiger partial charge is 0.359 e. The average Bonchev–Trinajstić information content (AvgIpc) is 2.04. The third-order valence-electron chi connectivity index (χ3n) is 1.54. The van der Waals surface area contributed by atoms with Crippen LogP contribution in [-0.2, 0) is 4.79 Å². The minimum Gasteiger partial charge on any atom is -0.359 e. The molecule has 0 heterocycles. The summed E-state index contributed by atoms with van der Waals surface area (Å²) in [5.74, 6) is 1.19. The second kappa shape index (κ2) is 7.43. The standard InChI is InChI=1S/C8H18N2OS/c1-7(6-12-3)10-5-4-8(11)9-2/h7,10H,4-6H2,1-3H3,(H,9,11). The van der Waals surface area contributed by atoms with Crippen LogP contribution >= 0.6 is 11.8 Å². The first-order valence-corrected chi connectivity index (χ1v) is 5.53. The monoisotopic (exact) mass is 190 g/mol. The molecule has 0 rings (SSSR count). The molecule has 0 aliphatic carbocycles. The topological polar surface area (TPSA) is 41.1 Å². The summed E-state index contributed by atoms with van der Waals surface area (Å²) in [5, 5.41) is 5.85. The lowest BCUT2D eigenvalue weighted by Gasteiger charge is -2.11. The molecular formula is C8H18N2OS. The quantitative estimate of drug-likeness (QED) is 0.639. The van der Waals surface area contributed by atoms with E-state index in [1.54, 1.807) is 7.05 Å². The van der Waals surface area contributed by atoms with Crippen LogP contribution in [0.5, 0.6) is 0 Å². The van der Waals surface area contributed by atoms with Gasteiger partial charge in [-0.2, -0.15) is 11.8 Å². The third-order valence-corrected chi connectivity index (χ3v) is 2.37. The molecule has 12 heavy (non-hydrogen) atoms. The number of carbonyl (C=O) groups is 1. The molecule has 0 spiro atoms. The molecule has 0 aromatic carbocycles. The molecule has 0 aliphatic rings. The number of thioether (sulfide) groups is 1. The van der Waals surface area contributed by atoms with Gasteiger partial charge in [-0.3, -0.25) is 4.79 Å². The Kier molecular flexibility index (Phi) is 7.29. The fourth-order valence-electron chi connectivity index (χ4n) is 0.866. The van der Waals surface area contributed by atoms with Crippen molar-refractivity contribution in [2.24, 2.45) is 0 Å². The van der Waals surface area contributed by atoms with Crippen LogP contribution in [0.25, 0.3) is 0 Å². The summed E-state index contributed by atoms with van der Waals surface area (Å²) in [6, 6.07) is 0.490. The lowest BCUT2D eigenvalue weighted by Crippen LogP contribution is -2.32. The van der Waals surface area contributed by atoms with Gasteiger partial charge in [0.15, 0.2) is 0 Å². The van der Waals surface area contributed by atoms with E-state index in [-0.39, 0.29) is 5.91 Å². The fraction of sp³-hybridized carbons (Fsp3) is 0.875. The normalized spacial score (nSPS) is 12.6. The summed E-state index contributed by atoms with van der Waals surface area (Å²) in [5.41, 5.74) is 0. The molecule has 0 fully saturated rings. The molecule has 3 nitrogen and oxygen atoms in total. The van der Waals surface area contributed by atoms with Crippen LogP contribution in [0.3, 0.4) is 0 Å². The van der Waals surface area contributed by atoms with Gasteiger partial charge in [0, 0.05) is 31.8 Å². The van der Waals surface area contributed by atoms with Crippen LogP contribution in [0.2, 0.25) is 0 Å². The number of nitrogens with one attached hydrogen (secondary N) is 2. The van der Waals surface area contributed by atoms with Crippen molar-refractivity contribution >= 4 is 17.7 Å². The molecule has 0 aromatic rings. The first-order valence-electron chi connectivity index (χ1n) is 4.13. The van der Waals surface area contributed by atoms with Crippen molar-refractivity contribution in [2.45, 2.75) is 19.4 Å². The van der Waals surface area contributed by atoms with E-state index in [1.165, 1.54) is 0 Å². The molecule has 0 radical (unpaired) electrons. The van der Waals surface area contributed by atoms with Crippen molar-refractivity contribution in [2.75, 3.05) is 25.6 Å². The van der Waals surface area contributed by atoms with E-state index in [1.807, 2.05) is 11.8 Å². The van der Waals surface area contributed by atoms with E-state index in [9.17, 15) is 4.79 Å². The highest BCUT2D eigenvalue weighted by molar-refractivity contribution is 7.98. The zero-order valence-electron chi connectivity index (χ0n) is 8.02. The van der Waals surface area contributed by atoms with Gasteiger partial charge in [-0.15, -0.1) is 0 Å². The highest BCUT2D eigenvalue weighted by atomic mass is 32.2. The van der Waals surface area contributed by atoms with Gasteiger partial charge < -0.3 is 10.6 Å². The van der Waals surface area contributed by atoms with E-state index >= 15 is 0 Å². The van der Waals surface area contributed by atoms with Gasteiger partial charge in [0.1, 0.15) is 0 Å². The van der Waals surface area contributed by atoms with Crippen molar-refractivity contribution in [3.8, 4) is 0 Å².